The first-order valence-electron chi connectivity index (χ1n) is 3.27. The molecule has 3 atom stereocenters. The van der Waals surface area contributed by atoms with Crippen molar-refractivity contribution < 1.29 is 14.9 Å². The van der Waals surface area contributed by atoms with Gasteiger partial charge in [0.25, 0.3) is 0 Å². The number of ether oxygens (including phenoxy) is 1. The maximum Gasteiger partial charge on any atom is 0.181 e. The highest BCUT2D eigenvalue weighted by atomic mass is 16.6. The first kappa shape index (κ1) is 8.29. The molecule has 3 unspecified atom stereocenters. The van der Waals surface area contributed by atoms with E-state index in [2.05, 4.69) is 14.8 Å². The van der Waals surface area contributed by atoms with Crippen molar-refractivity contribution in [3.8, 4) is 0 Å². The average Bonchev–Trinajstić information content (AvgIpc) is 1.99. The third-order valence-corrected chi connectivity index (χ3v) is 1.59. The molecule has 0 spiro atoms. The Kier molecular flexibility index (Phi) is 2.67. The van der Waals surface area contributed by atoms with Crippen molar-refractivity contribution in [1.29, 1.82) is 0 Å². The molecule has 62 valence electrons. The van der Waals surface area contributed by atoms with Crippen LogP contribution in [0, 0.1) is 0 Å². The van der Waals surface area contributed by atoms with Gasteiger partial charge in [-0.05, 0) is 12.0 Å². The lowest BCUT2D eigenvalue weighted by Gasteiger charge is -2.28. The van der Waals surface area contributed by atoms with Crippen LogP contribution in [-0.2, 0) is 4.74 Å². The van der Waals surface area contributed by atoms with Gasteiger partial charge in [0.1, 0.15) is 6.10 Å². The number of azide groups is 1. The summed E-state index contributed by atoms with van der Waals surface area (Å²) in [5.41, 5.74) is 8.05. The highest BCUT2D eigenvalue weighted by Crippen LogP contribution is 2.15. The maximum atomic E-state index is 9.13. The molecule has 0 amide bonds. The lowest BCUT2D eigenvalue weighted by atomic mass is 10.1. The number of rotatable bonds is 1. The van der Waals surface area contributed by atoms with E-state index in [0.29, 0.717) is 13.0 Å². The van der Waals surface area contributed by atoms with Crippen molar-refractivity contribution in [3.05, 3.63) is 10.4 Å². The van der Waals surface area contributed by atoms with E-state index in [-0.39, 0.29) is 0 Å². The molecule has 0 radical (unpaired) electrons. The molecule has 0 aliphatic carbocycles. The number of aliphatic hydroxyl groups is 2. The van der Waals surface area contributed by atoms with E-state index in [1.54, 1.807) is 0 Å². The normalized spacial score (nSPS) is 37.8. The zero-order chi connectivity index (χ0) is 8.27. The van der Waals surface area contributed by atoms with Crippen LogP contribution < -0.4 is 0 Å². The number of hydrogen-bond donors (Lipinski definition) is 2. The summed E-state index contributed by atoms with van der Waals surface area (Å²) in [6.07, 6.45) is -1.87. The van der Waals surface area contributed by atoms with Crippen molar-refractivity contribution in [1.82, 2.24) is 0 Å². The molecule has 0 saturated carbocycles. The third-order valence-electron chi connectivity index (χ3n) is 1.59. The molecule has 11 heavy (non-hydrogen) atoms. The molecule has 0 aromatic heterocycles. The van der Waals surface area contributed by atoms with Gasteiger partial charge in [0.2, 0.25) is 0 Å². The Bertz CT molecular complexity index is 180. The van der Waals surface area contributed by atoms with Crippen LogP contribution in [0.25, 0.3) is 10.4 Å². The van der Waals surface area contributed by atoms with Crippen molar-refractivity contribution >= 4 is 0 Å². The van der Waals surface area contributed by atoms with Crippen LogP contribution in [0.4, 0.5) is 0 Å². The summed E-state index contributed by atoms with van der Waals surface area (Å²) in [6, 6.07) is -0.566. The van der Waals surface area contributed by atoms with E-state index < -0.39 is 18.4 Å². The van der Waals surface area contributed by atoms with Crippen molar-refractivity contribution in [2.24, 2.45) is 5.11 Å². The zero-order valence-corrected chi connectivity index (χ0v) is 5.79. The average molecular weight is 159 g/mol. The molecule has 1 heterocycles. The largest absolute Gasteiger partial charge is 0.387 e. The Balaban J connectivity index is 2.57. The van der Waals surface area contributed by atoms with Crippen LogP contribution in [0.15, 0.2) is 5.11 Å². The Morgan fingerprint density at radius 2 is 2.27 bits per heavy atom. The van der Waals surface area contributed by atoms with Gasteiger partial charge in [-0.1, -0.05) is 5.11 Å². The maximum absolute atomic E-state index is 9.13. The fraction of sp³-hybridized carbons (Fsp3) is 1.00. The predicted octanol–water partition coefficient (Wildman–Crippen LogP) is -0.235. The van der Waals surface area contributed by atoms with Gasteiger partial charge in [0.15, 0.2) is 6.29 Å². The highest BCUT2D eigenvalue weighted by Gasteiger charge is 2.30. The third kappa shape index (κ3) is 1.81. The highest BCUT2D eigenvalue weighted by molar-refractivity contribution is 4.81. The minimum absolute atomic E-state index is 0.307. The number of nitrogens with zero attached hydrogens (tertiary/aromatic N) is 3. The van der Waals surface area contributed by atoms with Crippen LogP contribution in [0.2, 0.25) is 0 Å². The van der Waals surface area contributed by atoms with E-state index in [9.17, 15) is 0 Å². The molecule has 1 aliphatic rings. The Morgan fingerprint density at radius 3 is 2.91 bits per heavy atom. The minimum atomic E-state index is -1.22. The minimum Gasteiger partial charge on any atom is -0.387 e. The second kappa shape index (κ2) is 3.54. The standard InChI is InChI=1S/C5H9N3O3/c6-8-7-3-1-2-11-5(10)4(3)9/h3-5,9-10H,1-2H2. The van der Waals surface area contributed by atoms with Gasteiger partial charge in [-0.15, -0.1) is 0 Å². The molecular weight excluding hydrogens is 150 g/mol. The molecule has 0 bridgehead atoms. The summed E-state index contributed by atoms with van der Waals surface area (Å²) in [4.78, 5) is 2.54. The Morgan fingerprint density at radius 1 is 1.55 bits per heavy atom. The molecular formula is C5H9N3O3. The summed E-state index contributed by atoms with van der Waals surface area (Å²) in [7, 11) is 0. The van der Waals surface area contributed by atoms with E-state index in [1.807, 2.05) is 0 Å². The van der Waals surface area contributed by atoms with Crippen LogP contribution >= 0.6 is 0 Å². The fourth-order valence-electron chi connectivity index (χ4n) is 0.961. The zero-order valence-electron chi connectivity index (χ0n) is 5.79. The molecule has 0 aromatic carbocycles. The molecule has 1 saturated heterocycles. The van der Waals surface area contributed by atoms with Crippen LogP contribution in [0.5, 0.6) is 0 Å². The van der Waals surface area contributed by atoms with Gasteiger partial charge in [-0.25, -0.2) is 0 Å². The van der Waals surface area contributed by atoms with E-state index in [0.717, 1.165) is 0 Å². The molecule has 1 fully saturated rings. The smallest absolute Gasteiger partial charge is 0.181 e. The Hall–Kier alpha value is -0.810. The number of hydrogen-bond acceptors (Lipinski definition) is 4. The van der Waals surface area contributed by atoms with E-state index in [4.69, 9.17) is 15.7 Å². The summed E-state index contributed by atoms with van der Waals surface area (Å²) in [6.45, 7) is 0.307. The number of aliphatic hydroxyl groups excluding tert-OH is 2. The van der Waals surface area contributed by atoms with E-state index >= 15 is 0 Å². The molecule has 1 rings (SSSR count). The second-order valence-electron chi connectivity index (χ2n) is 2.31. The van der Waals surface area contributed by atoms with Gasteiger partial charge in [-0.2, -0.15) is 0 Å². The summed E-state index contributed by atoms with van der Waals surface area (Å²) in [5.74, 6) is 0. The lowest BCUT2D eigenvalue weighted by molar-refractivity contribution is -0.191. The van der Waals surface area contributed by atoms with Crippen LogP contribution in [0.1, 0.15) is 6.42 Å². The fourth-order valence-corrected chi connectivity index (χ4v) is 0.961. The molecule has 0 aromatic rings. The first-order valence-corrected chi connectivity index (χ1v) is 3.27. The quantitative estimate of drug-likeness (QED) is 0.314. The molecule has 2 N–H and O–H groups in total. The second-order valence-corrected chi connectivity index (χ2v) is 2.31. The lowest BCUT2D eigenvalue weighted by Crippen LogP contribution is -2.43. The van der Waals surface area contributed by atoms with Gasteiger partial charge >= 0.3 is 0 Å². The van der Waals surface area contributed by atoms with Crippen LogP contribution in [-0.4, -0.2) is 35.3 Å². The molecule has 1 aliphatic heterocycles. The van der Waals surface area contributed by atoms with Crippen LogP contribution in [0.3, 0.4) is 0 Å². The SMILES string of the molecule is [N-]=[N+]=NC1CCOC(O)C1O. The monoisotopic (exact) mass is 159 g/mol. The first-order chi connectivity index (χ1) is 5.25. The van der Waals surface area contributed by atoms with Crippen molar-refractivity contribution in [2.75, 3.05) is 6.61 Å². The van der Waals surface area contributed by atoms with Gasteiger partial charge in [0, 0.05) is 4.91 Å². The summed E-state index contributed by atoms with van der Waals surface area (Å²) >= 11 is 0. The van der Waals surface area contributed by atoms with Gasteiger partial charge < -0.3 is 14.9 Å². The van der Waals surface area contributed by atoms with Gasteiger partial charge in [-0.3, -0.25) is 0 Å². The topological polar surface area (TPSA) is 98.5 Å². The predicted molar refractivity (Wildman–Crippen MR) is 35.5 cm³/mol. The van der Waals surface area contributed by atoms with Crippen molar-refractivity contribution in [3.63, 3.8) is 0 Å². The molecule has 6 heteroatoms. The summed E-state index contributed by atoms with van der Waals surface area (Å²) < 4.78 is 4.69. The van der Waals surface area contributed by atoms with Gasteiger partial charge in [0.05, 0.1) is 12.6 Å². The van der Waals surface area contributed by atoms with E-state index in [1.165, 1.54) is 0 Å². The van der Waals surface area contributed by atoms with Crippen molar-refractivity contribution in [2.45, 2.75) is 24.9 Å². The summed E-state index contributed by atoms with van der Waals surface area (Å²) in [5, 5.41) is 21.4. The molecule has 6 nitrogen and oxygen atoms in total. The Labute approximate surface area is 63.0 Å².